The molecule has 1 aliphatic rings. The normalized spacial score (nSPS) is 13.1. The molecule has 2 heterocycles. The molecule has 0 atom stereocenters. The molecule has 7 nitrogen and oxygen atoms in total. The van der Waals surface area contributed by atoms with Gasteiger partial charge in [0.05, 0.1) is 12.8 Å². The monoisotopic (exact) mass is 391 g/mol. The van der Waals surface area contributed by atoms with E-state index in [-0.39, 0.29) is 12.5 Å². The zero-order chi connectivity index (χ0) is 20.4. The van der Waals surface area contributed by atoms with Crippen LogP contribution in [0.15, 0.2) is 70.5 Å². The number of rotatable bonds is 4. The van der Waals surface area contributed by atoms with Crippen LogP contribution in [0.25, 0.3) is 5.69 Å². The van der Waals surface area contributed by atoms with Crippen molar-refractivity contribution in [1.29, 1.82) is 0 Å². The first-order chi connectivity index (χ1) is 14.1. The van der Waals surface area contributed by atoms with Gasteiger partial charge < -0.3 is 9.64 Å². The predicted octanol–water partition coefficient (Wildman–Crippen LogP) is 1.99. The van der Waals surface area contributed by atoms with Crippen molar-refractivity contribution in [3.63, 3.8) is 0 Å². The molecule has 0 spiro atoms. The van der Waals surface area contributed by atoms with Gasteiger partial charge in [-0.1, -0.05) is 30.3 Å². The number of para-hydroxylation sites is 3. The van der Waals surface area contributed by atoms with Crippen LogP contribution in [0.4, 0.5) is 5.69 Å². The third-order valence-electron chi connectivity index (χ3n) is 5.12. The highest BCUT2D eigenvalue weighted by Crippen LogP contribution is 2.26. The molecule has 0 saturated heterocycles. The predicted molar refractivity (Wildman–Crippen MR) is 110 cm³/mol. The van der Waals surface area contributed by atoms with E-state index in [4.69, 9.17) is 4.74 Å². The Kier molecular flexibility index (Phi) is 5.03. The number of hydrogen-bond acceptors (Lipinski definition) is 4. The minimum atomic E-state index is -0.753. The summed E-state index contributed by atoms with van der Waals surface area (Å²) in [4.78, 5) is 39.9. The van der Waals surface area contributed by atoms with E-state index >= 15 is 0 Å². The number of methoxy groups -OCH3 is 1. The maximum atomic E-state index is 12.9. The molecule has 0 unspecified atom stereocenters. The van der Waals surface area contributed by atoms with Crippen LogP contribution in [0.2, 0.25) is 0 Å². The Labute approximate surface area is 167 Å². The van der Waals surface area contributed by atoms with Crippen molar-refractivity contribution in [2.75, 3.05) is 18.6 Å². The number of ether oxygens (including phenoxy) is 1. The maximum Gasteiger partial charge on any atom is 0.321 e. The van der Waals surface area contributed by atoms with Crippen molar-refractivity contribution in [2.45, 2.75) is 19.4 Å². The molecule has 1 amide bonds. The van der Waals surface area contributed by atoms with Gasteiger partial charge in [-0.25, -0.2) is 0 Å². The first-order valence-electron chi connectivity index (χ1n) is 9.44. The molecular weight excluding hydrogens is 370 g/mol. The topological polar surface area (TPSA) is 73.5 Å². The van der Waals surface area contributed by atoms with Gasteiger partial charge in [0.1, 0.15) is 12.3 Å². The second kappa shape index (κ2) is 7.79. The fourth-order valence-electron chi connectivity index (χ4n) is 3.68. The molecule has 0 saturated carbocycles. The van der Waals surface area contributed by atoms with Crippen LogP contribution in [-0.4, -0.2) is 28.7 Å². The van der Waals surface area contributed by atoms with Crippen LogP contribution in [0.3, 0.4) is 0 Å². The Balaban J connectivity index is 1.64. The number of hydrogen-bond donors (Lipinski definition) is 0. The Morgan fingerprint density at radius 1 is 0.966 bits per heavy atom. The van der Waals surface area contributed by atoms with Crippen LogP contribution in [0.1, 0.15) is 12.0 Å². The van der Waals surface area contributed by atoms with E-state index in [1.54, 1.807) is 29.2 Å². The molecule has 148 valence electrons. The van der Waals surface area contributed by atoms with Gasteiger partial charge in [0.25, 0.3) is 0 Å². The number of amides is 1. The number of aryl methyl sites for hydroxylation is 1. The average molecular weight is 391 g/mol. The van der Waals surface area contributed by atoms with Gasteiger partial charge in [0.2, 0.25) is 5.91 Å². The summed E-state index contributed by atoms with van der Waals surface area (Å²) in [6.45, 7) is 0.415. The van der Waals surface area contributed by atoms with Crippen molar-refractivity contribution < 1.29 is 9.53 Å². The van der Waals surface area contributed by atoms with Gasteiger partial charge >= 0.3 is 11.1 Å². The molecule has 0 aliphatic carbocycles. The van der Waals surface area contributed by atoms with E-state index in [1.165, 1.54) is 24.1 Å². The first kappa shape index (κ1) is 18.7. The van der Waals surface area contributed by atoms with E-state index in [0.29, 0.717) is 18.0 Å². The molecule has 0 fully saturated rings. The fourth-order valence-corrected chi connectivity index (χ4v) is 3.68. The van der Waals surface area contributed by atoms with E-state index in [2.05, 4.69) is 0 Å². The number of benzene rings is 2. The molecule has 1 aromatic heterocycles. The summed E-state index contributed by atoms with van der Waals surface area (Å²) in [6, 6.07) is 14.7. The number of aromatic nitrogens is 2. The summed E-state index contributed by atoms with van der Waals surface area (Å²) in [5.74, 6) is 0.265. The molecule has 4 rings (SSSR count). The van der Waals surface area contributed by atoms with Crippen LogP contribution < -0.4 is 20.8 Å². The number of anilines is 1. The zero-order valence-corrected chi connectivity index (χ0v) is 16.1. The van der Waals surface area contributed by atoms with E-state index < -0.39 is 11.1 Å². The quantitative estimate of drug-likeness (QED) is 0.638. The molecule has 0 bridgehead atoms. The smallest absolute Gasteiger partial charge is 0.321 e. The van der Waals surface area contributed by atoms with Crippen molar-refractivity contribution in [3.8, 4) is 11.4 Å². The summed E-state index contributed by atoms with van der Waals surface area (Å²) in [7, 11) is 1.50. The average Bonchev–Trinajstić information content (AvgIpc) is 2.76. The lowest BCUT2D eigenvalue weighted by atomic mass is 10.0. The lowest BCUT2D eigenvalue weighted by Gasteiger charge is -2.29. The largest absolute Gasteiger partial charge is 0.495 e. The standard InChI is InChI=1S/C22H21N3O4/c1-29-19-11-5-4-10-18(19)25-14-13-23(21(27)22(25)28)15-20(26)24-12-6-8-16-7-2-3-9-17(16)24/h2-5,7,9-11,13-14H,6,8,12,15H2,1H3. The lowest BCUT2D eigenvalue weighted by molar-refractivity contribution is -0.119. The highest BCUT2D eigenvalue weighted by molar-refractivity contribution is 5.94. The highest BCUT2D eigenvalue weighted by Gasteiger charge is 2.23. The van der Waals surface area contributed by atoms with Crippen LogP contribution in [0.5, 0.6) is 5.75 Å². The van der Waals surface area contributed by atoms with E-state index in [0.717, 1.165) is 28.7 Å². The lowest BCUT2D eigenvalue weighted by Crippen LogP contribution is -2.44. The van der Waals surface area contributed by atoms with Gasteiger partial charge in [-0.3, -0.25) is 23.5 Å². The van der Waals surface area contributed by atoms with Gasteiger partial charge in [-0.15, -0.1) is 0 Å². The minimum absolute atomic E-state index is 0.185. The van der Waals surface area contributed by atoms with Gasteiger partial charge in [0.15, 0.2) is 0 Å². The third-order valence-corrected chi connectivity index (χ3v) is 5.12. The van der Waals surface area contributed by atoms with Crippen molar-refractivity contribution in [2.24, 2.45) is 0 Å². The summed E-state index contributed by atoms with van der Waals surface area (Å²) in [5.41, 5.74) is 0.978. The summed E-state index contributed by atoms with van der Waals surface area (Å²) in [6.07, 6.45) is 4.74. The Morgan fingerprint density at radius 3 is 2.48 bits per heavy atom. The molecule has 3 aromatic rings. The Morgan fingerprint density at radius 2 is 1.69 bits per heavy atom. The number of fused-ring (bicyclic) bond motifs is 1. The molecule has 29 heavy (non-hydrogen) atoms. The summed E-state index contributed by atoms with van der Waals surface area (Å²) < 4.78 is 7.67. The molecule has 1 aliphatic heterocycles. The van der Waals surface area contributed by atoms with Gasteiger partial charge in [-0.05, 0) is 36.6 Å². The summed E-state index contributed by atoms with van der Waals surface area (Å²) in [5, 5.41) is 0. The van der Waals surface area contributed by atoms with E-state index in [1.807, 2.05) is 24.3 Å². The third kappa shape index (κ3) is 3.47. The molecular formula is C22H21N3O4. The van der Waals surface area contributed by atoms with Crippen LogP contribution in [-0.2, 0) is 17.8 Å². The number of nitrogens with zero attached hydrogens (tertiary/aromatic N) is 3. The minimum Gasteiger partial charge on any atom is -0.495 e. The molecule has 0 N–H and O–H groups in total. The number of carbonyl (C=O) groups excluding carboxylic acids is 1. The molecule has 0 radical (unpaired) electrons. The maximum absolute atomic E-state index is 12.9. The van der Waals surface area contributed by atoms with Crippen molar-refractivity contribution >= 4 is 11.6 Å². The van der Waals surface area contributed by atoms with Crippen LogP contribution in [0, 0.1) is 0 Å². The highest BCUT2D eigenvalue weighted by atomic mass is 16.5. The number of carbonyl (C=O) groups is 1. The Bertz CT molecular complexity index is 1180. The summed E-state index contributed by atoms with van der Waals surface area (Å²) >= 11 is 0. The van der Waals surface area contributed by atoms with Crippen molar-refractivity contribution in [3.05, 3.63) is 87.2 Å². The van der Waals surface area contributed by atoms with Crippen molar-refractivity contribution in [1.82, 2.24) is 9.13 Å². The first-order valence-corrected chi connectivity index (χ1v) is 9.44. The zero-order valence-electron chi connectivity index (χ0n) is 16.1. The van der Waals surface area contributed by atoms with Gasteiger partial charge in [0, 0.05) is 24.6 Å². The molecule has 7 heteroatoms. The second-order valence-electron chi connectivity index (χ2n) is 6.86. The van der Waals surface area contributed by atoms with Gasteiger partial charge in [-0.2, -0.15) is 0 Å². The van der Waals surface area contributed by atoms with E-state index in [9.17, 15) is 14.4 Å². The SMILES string of the molecule is COc1ccccc1-n1ccn(CC(=O)N2CCCc3ccccc32)c(=O)c1=O. The Hall–Kier alpha value is -3.61. The molecule has 2 aromatic carbocycles. The van der Waals surface area contributed by atoms with Crippen LogP contribution >= 0.6 is 0 Å². The fraction of sp³-hybridized carbons (Fsp3) is 0.227. The second-order valence-corrected chi connectivity index (χ2v) is 6.86.